The van der Waals surface area contributed by atoms with Gasteiger partial charge in [-0.2, -0.15) is 13.2 Å². The maximum Gasteiger partial charge on any atom is 0.417 e. The van der Waals surface area contributed by atoms with Gasteiger partial charge in [-0.3, -0.25) is 19.4 Å². The normalized spacial score (nSPS) is 26.6. The van der Waals surface area contributed by atoms with Crippen LogP contribution in [0, 0.1) is 11.8 Å². The van der Waals surface area contributed by atoms with Crippen molar-refractivity contribution in [2.45, 2.75) is 18.3 Å². The fraction of sp³-hybridized carbons (Fsp3) is 0.375. The minimum absolute atomic E-state index is 0.0101. The molecule has 0 bridgehead atoms. The van der Waals surface area contributed by atoms with Gasteiger partial charge in [-0.05, 0) is 11.6 Å². The molecule has 3 aliphatic rings. The van der Waals surface area contributed by atoms with Gasteiger partial charge in [-0.1, -0.05) is 54.1 Å². The summed E-state index contributed by atoms with van der Waals surface area (Å²) in [5, 5.41) is 2.66. The molecule has 0 spiro atoms. The quantitative estimate of drug-likeness (QED) is 0.573. The van der Waals surface area contributed by atoms with Crippen molar-refractivity contribution in [1.29, 1.82) is 0 Å². The molecule has 3 aliphatic heterocycles. The maximum atomic E-state index is 13.4. The number of hydrogen-bond acceptors (Lipinski definition) is 6. The molecule has 4 heterocycles. The first-order valence-electron chi connectivity index (χ1n) is 11.1. The smallest absolute Gasteiger partial charge is 0.367 e. The van der Waals surface area contributed by atoms with E-state index in [9.17, 15) is 22.8 Å². The van der Waals surface area contributed by atoms with Crippen molar-refractivity contribution >= 4 is 47.1 Å². The molecule has 2 amide bonds. The van der Waals surface area contributed by atoms with Crippen LogP contribution in [0.25, 0.3) is 6.08 Å². The topological polar surface area (TPSA) is 65.5 Å². The molecular formula is C24H22ClF3N4O2S. The highest BCUT2D eigenvalue weighted by atomic mass is 35.5. The third-order valence-corrected chi connectivity index (χ3v) is 8.04. The molecule has 0 radical (unpaired) electrons. The number of likely N-dealkylation sites (tertiary alicyclic amines) is 1. The van der Waals surface area contributed by atoms with Gasteiger partial charge in [0.1, 0.15) is 5.82 Å². The van der Waals surface area contributed by atoms with Crippen molar-refractivity contribution in [2.24, 2.45) is 11.8 Å². The number of aromatic nitrogens is 1. The van der Waals surface area contributed by atoms with Crippen molar-refractivity contribution < 1.29 is 22.8 Å². The number of nitrogens with one attached hydrogen (secondary N) is 1. The lowest BCUT2D eigenvalue weighted by molar-refractivity contribution is -0.141. The van der Waals surface area contributed by atoms with Gasteiger partial charge in [-0.25, -0.2) is 4.98 Å². The van der Waals surface area contributed by atoms with Gasteiger partial charge >= 0.3 is 6.18 Å². The van der Waals surface area contributed by atoms with E-state index in [2.05, 4.69) is 15.2 Å². The summed E-state index contributed by atoms with van der Waals surface area (Å²) >= 11 is 7.70. The molecule has 35 heavy (non-hydrogen) atoms. The Morgan fingerprint density at radius 2 is 1.91 bits per heavy atom. The average Bonchev–Trinajstić information content (AvgIpc) is 3.47. The van der Waals surface area contributed by atoms with Crippen LogP contribution in [0.3, 0.4) is 0 Å². The number of nitrogens with zero attached hydrogens (tertiary/aromatic N) is 3. The van der Waals surface area contributed by atoms with Gasteiger partial charge in [0, 0.05) is 43.0 Å². The summed E-state index contributed by atoms with van der Waals surface area (Å²) in [5.74, 6) is 0.406. The van der Waals surface area contributed by atoms with Crippen molar-refractivity contribution in [1.82, 2.24) is 14.8 Å². The van der Waals surface area contributed by atoms with Crippen LogP contribution in [-0.2, 0) is 15.8 Å². The fourth-order valence-corrected chi connectivity index (χ4v) is 6.62. The predicted octanol–water partition coefficient (Wildman–Crippen LogP) is 4.24. The highest BCUT2D eigenvalue weighted by Gasteiger charge is 2.62. The molecule has 0 unspecified atom stereocenters. The van der Waals surface area contributed by atoms with Gasteiger partial charge in [0.05, 0.1) is 22.4 Å². The van der Waals surface area contributed by atoms with Crippen LogP contribution >= 0.6 is 23.4 Å². The lowest BCUT2D eigenvalue weighted by atomic mass is 9.89. The van der Waals surface area contributed by atoms with Crippen molar-refractivity contribution in [3.63, 3.8) is 0 Å². The fourth-order valence-electron chi connectivity index (χ4n) is 5.07. The maximum absolute atomic E-state index is 13.4. The summed E-state index contributed by atoms with van der Waals surface area (Å²) < 4.78 is 38.5. The molecule has 184 valence electrons. The number of anilines is 1. The highest BCUT2D eigenvalue weighted by molar-refractivity contribution is 7.99. The molecular weight excluding hydrogens is 501 g/mol. The number of rotatable bonds is 6. The molecule has 11 heteroatoms. The minimum Gasteiger partial charge on any atom is -0.367 e. The Kier molecular flexibility index (Phi) is 6.54. The Bertz CT molecular complexity index is 1160. The largest absolute Gasteiger partial charge is 0.417 e. The summed E-state index contributed by atoms with van der Waals surface area (Å²) in [4.78, 5) is 33.9. The summed E-state index contributed by atoms with van der Waals surface area (Å²) in [6, 6.07) is 10.4. The van der Waals surface area contributed by atoms with Gasteiger partial charge in [0.2, 0.25) is 11.8 Å². The van der Waals surface area contributed by atoms with E-state index in [1.165, 1.54) is 4.90 Å². The number of halogens is 4. The Morgan fingerprint density at radius 3 is 2.63 bits per heavy atom. The van der Waals surface area contributed by atoms with E-state index in [1.807, 2.05) is 42.5 Å². The monoisotopic (exact) mass is 522 g/mol. The molecule has 1 N–H and O–H groups in total. The number of fused-ring (bicyclic) bond motifs is 3. The van der Waals surface area contributed by atoms with E-state index in [0.29, 0.717) is 6.20 Å². The van der Waals surface area contributed by atoms with E-state index in [4.69, 9.17) is 11.6 Å². The molecule has 4 atom stereocenters. The first kappa shape index (κ1) is 24.1. The summed E-state index contributed by atoms with van der Waals surface area (Å²) in [7, 11) is 0. The van der Waals surface area contributed by atoms with Gasteiger partial charge < -0.3 is 5.32 Å². The van der Waals surface area contributed by atoms with Crippen LogP contribution in [0.15, 0.2) is 48.7 Å². The van der Waals surface area contributed by atoms with Crippen molar-refractivity contribution in [3.05, 3.63) is 64.8 Å². The second kappa shape index (κ2) is 9.48. The first-order valence-corrected chi connectivity index (χ1v) is 12.7. The third-order valence-electron chi connectivity index (χ3n) is 6.69. The molecule has 2 aromatic rings. The molecule has 3 saturated heterocycles. The van der Waals surface area contributed by atoms with E-state index < -0.39 is 23.6 Å². The molecule has 3 fully saturated rings. The lowest BCUT2D eigenvalue weighted by Crippen LogP contribution is -2.43. The molecule has 1 aromatic heterocycles. The third kappa shape index (κ3) is 4.54. The second-order valence-corrected chi connectivity index (χ2v) is 10.1. The number of thioether (sulfide) groups is 1. The summed E-state index contributed by atoms with van der Waals surface area (Å²) in [5.41, 5.74) is 0.0810. The number of imide groups is 1. The number of benzene rings is 1. The standard InChI is InChI=1S/C24H22ClF3N4O2S/c25-16-10-15(24(26,27)28)11-30-21(16)29-8-9-31-22(33)19-17(7-6-14-4-2-1-3-5-14)32-13-35-12-18(32)20(19)23(31)34/h1-7,10-11,17-20H,8-9,12-13H2,(H,29,30)/b7-6+/t17-,18-,19-,20-/m1/s1. The Labute approximate surface area is 209 Å². The van der Waals surface area contributed by atoms with E-state index in [1.54, 1.807) is 11.8 Å². The van der Waals surface area contributed by atoms with Crippen LogP contribution in [0.2, 0.25) is 5.02 Å². The van der Waals surface area contributed by atoms with E-state index in [0.717, 1.165) is 23.3 Å². The molecule has 0 aliphatic carbocycles. The SMILES string of the molecule is O=C1[C@H]2[C@H](C(=O)N1CCNc1ncc(C(F)(F)F)cc1Cl)[C@H]1CSCN1[C@@H]2/C=C/c1ccccc1. The zero-order valence-corrected chi connectivity index (χ0v) is 20.0. The zero-order valence-electron chi connectivity index (χ0n) is 18.4. The first-order chi connectivity index (χ1) is 16.8. The van der Waals surface area contributed by atoms with Crippen LogP contribution in [-0.4, -0.2) is 63.4 Å². The molecule has 5 rings (SSSR count). The van der Waals surface area contributed by atoms with Crippen molar-refractivity contribution in [2.75, 3.05) is 30.0 Å². The molecule has 6 nitrogen and oxygen atoms in total. The molecule has 0 saturated carbocycles. The van der Waals surface area contributed by atoms with Crippen LogP contribution in [0.5, 0.6) is 0 Å². The average molecular weight is 523 g/mol. The lowest BCUT2D eigenvalue weighted by Gasteiger charge is -2.26. The van der Waals surface area contributed by atoms with Crippen LogP contribution < -0.4 is 5.32 Å². The van der Waals surface area contributed by atoms with Gasteiger partial charge in [0.15, 0.2) is 0 Å². The Hall–Kier alpha value is -2.56. The van der Waals surface area contributed by atoms with E-state index >= 15 is 0 Å². The number of hydrogen-bond donors (Lipinski definition) is 1. The number of carbonyl (C=O) groups excluding carboxylic acids is 2. The van der Waals surface area contributed by atoms with Crippen LogP contribution in [0.4, 0.5) is 19.0 Å². The van der Waals surface area contributed by atoms with Crippen LogP contribution in [0.1, 0.15) is 11.1 Å². The number of carbonyl (C=O) groups is 2. The molecule has 1 aromatic carbocycles. The zero-order chi connectivity index (χ0) is 24.7. The minimum atomic E-state index is -4.54. The number of amides is 2. The number of alkyl halides is 3. The van der Waals surface area contributed by atoms with Crippen molar-refractivity contribution in [3.8, 4) is 0 Å². The second-order valence-electron chi connectivity index (χ2n) is 8.70. The summed E-state index contributed by atoms with van der Waals surface area (Å²) in [6.45, 7) is 0.210. The predicted molar refractivity (Wildman–Crippen MR) is 129 cm³/mol. The van der Waals surface area contributed by atoms with Gasteiger partial charge in [0.25, 0.3) is 0 Å². The number of pyridine rings is 1. The van der Waals surface area contributed by atoms with Gasteiger partial charge in [-0.15, -0.1) is 11.8 Å². The highest BCUT2D eigenvalue weighted by Crippen LogP contribution is 2.47. The Morgan fingerprint density at radius 1 is 1.17 bits per heavy atom. The van der Waals surface area contributed by atoms with E-state index in [-0.39, 0.29) is 47.8 Å². The summed E-state index contributed by atoms with van der Waals surface area (Å²) in [6.07, 6.45) is 0.172. The Balaban J connectivity index is 1.28.